The maximum Gasteiger partial charge on any atom is 0.238 e. The summed E-state index contributed by atoms with van der Waals surface area (Å²) in [6.07, 6.45) is -1.81. The van der Waals surface area contributed by atoms with E-state index in [1.54, 1.807) is 0 Å². The van der Waals surface area contributed by atoms with Crippen LogP contribution < -0.4 is 10.6 Å². The van der Waals surface area contributed by atoms with Gasteiger partial charge in [-0.1, -0.05) is 29.8 Å². The standard InChI is InChI=1S/C18H28F2N2O/c1-13-5-7-14(8-6-13)11-12-21-17(23)15(9-10-16(19)20)22-18(2,3)4/h5-8,15-16,22H,9-12H2,1-4H3,(H,21,23). The largest absolute Gasteiger partial charge is 0.354 e. The molecule has 1 amide bonds. The van der Waals surface area contributed by atoms with Gasteiger partial charge in [0.2, 0.25) is 12.3 Å². The van der Waals surface area contributed by atoms with E-state index < -0.39 is 12.5 Å². The van der Waals surface area contributed by atoms with E-state index in [4.69, 9.17) is 0 Å². The maximum absolute atomic E-state index is 12.4. The second kappa shape index (κ2) is 8.96. The van der Waals surface area contributed by atoms with Gasteiger partial charge in [0.1, 0.15) is 0 Å². The van der Waals surface area contributed by atoms with Gasteiger partial charge in [-0.05, 0) is 46.1 Å². The highest BCUT2D eigenvalue weighted by Crippen LogP contribution is 2.10. The fourth-order valence-corrected chi connectivity index (χ4v) is 2.29. The maximum atomic E-state index is 12.4. The number of rotatable bonds is 8. The molecule has 0 heterocycles. The van der Waals surface area contributed by atoms with Crippen molar-refractivity contribution in [1.29, 1.82) is 0 Å². The molecule has 5 heteroatoms. The highest BCUT2D eigenvalue weighted by Gasteiger charge is 2.24. The zero-order valence-electron chi connectivity index (χ0n) is 14.5. The molecule has 0 aliphatic heterocycles. The Balaban J connectivity index is 2.49. The summed E-state index contributed by atoms with van der Waals surface area (Å²) in [5, 5.41) is 5.97. The molecule has 1 aromatic rings. The van der Waals surface area contributed by atoms with Crippen molar-refractivity contribution >= 4 is 5.91 Å². The molecule has 0 bridgehead atoms. The van der Waals surface area contributed by atoms with Crippen LogP contribution in [0.3, 0.4) is 0 Å². The monoisotopic (exact) mass is 326 g/mol. The number of nitrogens with one attached hydrogen (secondary N) is 2. The molecule has 0 saturated heterocycles. The summed E-state index contributed by atoms with van der Waals surface area (Å²) < 4.78 is 24.9. The molecule has 1 rings (SSSR count). The van der Waals surface area contributed by atoms with Crippen molar-refractivity contribution in [1.82, 2.24) is 10.6 Å². The number of halogens is 2. The first-order chi connectivity index (χ1) is 10.7. The lowest BCUT2D eigenvalue weighted by atomic mass is 10.0. The topological polar surface area (TPSA) is 41.1 Å². The Morgan fingerprint density at radius 1 is 1.13 bits per heavy atom. The Morgan fingerprint density at radius 2 is 1.74 bits per heavy atom. The van der Waals surface area contributed by atoms with Gasteiger partial charge in [0, 0.05) is 18.5 Å². The summed E-state index contributed by atoms with van der Waals surface area (Å²) >= 11 is 0. The SMILES string of the molecule is Cc1ccc(CCNC(=O)C(CCC(F)F)NC(C)(C)C)cc1. The van der Waals surface area contributed by atoms with Gasteiger partial charge in [-0.3, -0.25) is 4.79 Å². The number of amides is 1. The summed E-state index contributed by atoms with van der Waals surface area (Å²) in [4.78, 5) is 12.3. The third-order valence-electron chi connectivity index (χ3n) is 3.43. The van der Waals surface area contributed by atoms with Crippen LogP contribution in [0.4, 0.5) is 8.78 Å². The molecule has 0 fully saturated rings. The highest BCUT2D eigenvalue weighted by atomic mass is 19.3. The average Bonchev–Trinajstić information content (AvgIpc) is 2.44. The third kappa shape index (κ3) is 8.65. The lowest BCUT2D eigenvalue weighted by molar-refractivity contribution is -0.123. The Hall–Kier alpha value is -1.49. The van der Waals surface area contributed by atoms with Crippen molar-refractivity contribution in [3.63, 3.8) is 0 Å². The summed E-state index contributed by atoms with van der Waals surface area (Å²) in [6, 6.07) is 7.53. The Morgan fingerprint density at radius 3 is 2.26 bits per heavy atom. The number of carbonyl (C=O) groups is 1. The van der Waals surface area contributed by atoms with Gasteiger partial charge in [0.25, 0.3) is 0 Å². The number of benzene rings is 1. The fraction of sp³-hybridized carbons (Fsp3) is 0.611. The van der Waals surface area contributed by atoms with Crippen LogP contribution in [-0.2, 0) is 11.2 Å². The van der Waals surface area contributed by atoms with Gasteiger partial charge in [-0.25, -0.2) is 8.78 Å². The van der Waals surface area contributed by atoms with Crippen molar-refractivity contribution in [2.45, 2.75) is 65.0 Å². The summed E-state index contributed by atoms with van der Waals surface area (Å²) in [6.45, 7) is 8.28. The Labute approximate surface area is 137 Å². The molecule has 3 nitrogen and oxygen atoms in total. The van der Waals surface area contributed by atoms with E-state index in [2.05, 4.69) is 10.6 Å². The van der Waals surface area contributed by atoms with Crippen molar-refractivity contribution in [3.05, 3.63) is 35.4 Å². The van der Waals surface area contributed by atoms with Gasteiger partial charge >= 0.3 is 0 Å². The molecular formula is C18H28F2N2O. The fourth-order valence-electron chi connectivity index (χ4n) is 2.29. The smallest absolute Gasteiger partial charge is 0.238 e. The quantitative estimate of drug-likeness (QED) is 0.768. The van der Waals surface area contributed by atoms with Crippen molar-refractivity contribution in [3.8, 4) is 0 Å². The second-order valence-electron chi connectivity index (χ2n) is 6.94. The summed E-state index contributed by atoms with van der Waals surface area (Å²) in [7, 11) is 0. The Kier molecular flexibility index (Phi) is 7.62. The van der Waals surface area contributed by atoms with E-state index in [0.717, 1.165) is 12.0 Å². The van der Waals surface area contributed by atoms with Crippen molar-refractivity contribution in [2.24, 2.45) is 0 Å². The normalized spacial score (nSPS) is 13.2. The van der Waals surface area contributed by atoms with E-state index in [1.165, 1.54) is 5.56 Å². The van der Waals surface area contributed by atoms with E-state index in [1.807, 2.05) is 52.0 Å². The molecule has 0 radical (unpaired) electrons. The van der Waals surface area contributed by atoms with Crippen LogP contribution in [0.25, 0.3) is 0 Å². The van der Waals surface area contributed by atoms with Gasteiger partial charge in [0.15, 0.2) is 0 Å². The van der Waals surface area contributed by atoms with Gasteiger partial charge in [-0.2, -0.15) is 0 Å². The van der Waals surface area contributed by atoms with Gasteiger partial charge < -0.3 is 10.6 Å². The van der Waals surface area contributed by atoms with Crippen LogP contribution in [0, 0.1) is 6.92 Å². The van der Waals surface area contributed by atoms with Crippen LogP contribution in [0.1, 0.15) is 44.7 Å². The minimum absolute atomic E-state index is 0.130. The average molecular weight is 326 g/mol. The Bertz CT molecular complexity index is 481. The van der Waals surface area contributed by atoms with E-state index >= 15 is 0 Å². The van der Waals surface area contributed by atoms with Crippen LogP contribution in [0.2, 0.25) is 0 Å². The van der Waals surface area contributed by atoms with E-state index in [9.17, 15) is 13.6 Å². The van der Waals surface area contributed by atoms with Crippen LogP contribution >= 0.6 is 0 Å². The summed E-state index contributed by atoms with van der Waals surface area (Å²) in [5.41, 5.74) is 2.03. The molecule has 23 heavy (non-hydrogen) atoms. The number of aryl methyl sites for hydroxylation is 1. The number of alkyl halides is 2. The predicted octanol–water partition coefficient (Wildman–Crippen LogP) is 3.46. The zero-order chi connectivity index (χ0) is 17.5. The van der Waals surface area contributed by atoms with Gasteiger partial charge in [-0.15, -0.1) is 0 Å². The molecule has 0 spiro atoms. The molecule has 2 N–H and O–H groups in total. The first-order valence-electron chi connectivity index (χ1n) is 8.06. The summed E-state index contributed by atoms with van der Waals surface area (Å²) in [5.74, 6) is -0.215. The predicted molar refractivity (Wildman–Crippen MR) is 89.8 cm³/mol. The van der Waals surface area contributed by atoms with Crippen LogP contribution in [0.5, 0.6) is 0 Å². The molecule has 0 saturated carbocycles. The first-order valence-corrected chi connectivity index (χ1v) is 8.06. The van der Waals surface area contributed by atoms with E-state index in [0.29, 0.717) is 6.54 Å². The van der Waals surface area contributed by atoms with Crippen molar-refractivity contribution in [2.75, 3.05) is 6.54 Å². The number of hydrogen-bond acceptors (Lipinski definition) is 2. The van der Waals surface area contributed by atoms with Crippen LogP contribution in [-0.4, -0.2) is 30.5 Å². The lowest BCUT2D eigenvalue weighted by Gasteiger charge is -2.28. The zero-order valence-corrected chi connectivity index (χ0v) is 14.5. The van der Waals surface area contributed by atoms with Crippen molar-refractivity contribution < 1.29 is 13.6 Å². The van der Waals surface area contributed by atoms with Crippen LogP contribution in [0.15, 0.2) is 24.3 Å². The molecule has 0 aromatic heterocycles. The molecule has 0 aliphatic rings. The number of carbonyl (C=O) groups excluding carboxylic acids is 1. The minimum Gasteiger partial charge on any atom is -0.354 e. The third-order valence-corrected chi connectivity index (χ3v) is 3.43. The highest BCUT2D eigenvalue weighted by molar-refractivity contribution is 5.81. The lowest BCUT2D eigenvalue weighted by Crippen LogP contribution is -2.52. The number of hydrogen-bond donors (Lipinski definition) is 2. The van der Waals surface area contributed by atoms with E-state index in [-0.39, 0.29) is 24.3 Å². The molecule has 1 atom stereocenters. The second-order valence-corrected chi connectivity index (χ2v) is 6.94. The first kappa shape index (κ1) is 19.6. The molecular weight excluding hydrogens is 298 g/mol. The molecule has 1 aromatic carbocycles. The molecule has 1 unspecified atom stereocenters. The molecule has 130 valence electrons. The molecule has 0 aliphatic carbocycles. The minimum atomic E-state index is -2.39. The van der Waals surface area contributed by atoms with Gasteiger partial charge in [0.05, 0.1) is 6.04 Å².